The monoisotopic (exact) mass is 446 g/mol. The predicted molar refractivity (Wildman–Crippen MR) is 106 cm³/mol. The van der Waals surface area contributed by atoms with Crippen LogP contribution in [-0.2, 0) is 18.4 Å². The van der Waals surface area contributed by atoms with Crippen LogP contribution in [0.15, 0.2) is 36.4 Å². The first-order valence-electron chi connectivity index (χ1n) is 9.18. The van der Waals surface area contributed by atoms with E-state index in [1.165, 1.54) is 45.0 Å². The number of hydrogen-bond donors (Lipinski definition) is 2. The standard InChI is InChI=1S/C22H23ClF4O3/c1-13(29)14-4-5-15(19(23)8-14)10-21(30,22(25,26)27)12-20(2,3)18-9-17(24)7-6-16(18)11-28/h4-9,28,30H,10-12H2,1-3H3. The molecule has 0 aliphatic heterocycles. The first-order chi connectivity index (χ1) is 13.7. The maximum absolute atomic E-state index is 14.0. The molecule has 0 saturated heterocycles. The SMILES string of the molecule is CC(=O)c1ccc(CC(O)(CC(C)(C)c2cc(F)ccc2CO)C(F)(F)F)c(Cl)c1. The van der Waals surface area contributed by atoms with Crippen LogP contribution >= 0.6 is 11.6 Å². The van der Waals surface area contributed by atoms with Crippen molar-refractivity contribution in [1.29, 1.82) is 0 Å². The number of rotatable bonds is 7. The number of alkyl halides is 3. The number of benzene rings is 2. The van der Waals surface area contributed by atoms with E-state index in [2.05, 4.69) is 0 Å². The molecule has 1 unspecified atom stereocenters. The van der Waals surface area contributed by atoms with Crippen molar-refractivity contribution in [2.45, 2.75) is 57.4 Å². The van der Waals surface area contributed by atoms with Gasteiger partial charge in [-0.25, -0.2) is 4.39 Å². The Kier molecular flexibility index (Phi) is 7.01. The fraction of sp³-hybridized carbons (Fsp3) is 0.409. The maximum atomic E-state index is 14.0. The van der Waals surface area contributed by atoms with Gasteiger partial charge in [0.2, 0.25) is 0 Å². The van der Waals surface area contributed by atoms with E-state index in [1.807, 2.05) is 0 Å². The summed E-state index contributed by atoms with van der Waals surface area (Å²) in [5, 5.41) is 20.2. The van der Waals surface area contributed by atoms with Crippen LogP contribution in [0.2, 0.25) is 5.02 Å². The lowest BCUT2D eigenvalue weighted by Crippen LogP contribution is -2.51. The highest BCUT2D eigenvalue weighted by molar-refractivity contribution is 6.31. The molecule has 2 aromatic carbocycles. The summed E-state index contributed by atoms with van der Waals surface area (Å²) in [6.07, 6.45) is -6.66. The van der Waals surface area contributed by atoms with Crippen LogP contribution in [0.1, 0.15) is 54.2 Å². The highest BCUT2D eigenvalue weighted by Gasteiger charge is 2.56. The van der Waals surface area contributed by atoms with Crippen molar-refractivity contribution in [1.82, 2.24) is 0 Å². The van der Waals surface area contributed by atoms with E-state index < -0.39 is 42.5 Å². The molecule has 1 atom stereocenters. The Morgan fingerprint density at radius 1 is 1.07 bits per heavy atom. The van der Waals surface area contributed by atoms with E-state index >= 15 is 0 Å². The van der Waals surface area contributed by atoms with Gasteiger partial charge in [-0.2, -0.15) is 13.2 Å². The van der Waals surface area contributed by atoms with Crippen LogP contribution < -0.4 is 0 Å². The molecule has 2 rings (SSSR count). The molecular formula is C22H23ClF4O3. The number of Topliss-reactive ketones (excluding diaryl/α,β-unsaturated/α-hetero) is 1. The molecule has 0 aromatic heterocycles. The second-order valence-electron chi connectivity index (χ2n) is 8.09. The molecule has 8 heteroatoms. The number of carbonyl (C=O) groups is 1. The molecule has 0 heterocycles. The van der Waals surface area contributed by atoms with Crippen molar-refractivity contribution >= 4 is 17.4 Å². The molecule has 0 saturated carbocycles. The second kappa shape index (κ2) is 8.65. The van der Waals surface area contributed by atoms with Crippen LogP contribution in [0.5, 0.6) is 0 Å². The van der Waals surface area contributed by atoms with Gasteiger partial charge in [-0.3, -0.25) is 4.79 Å². The van der Waals surface area contributed by atoms with E-state index in [9.17, 15) is 32.6 Å². The lowest BCUT2D eigenvalue weighted by molar-refractivity contribution is -0.266. The molecule has 0 aliphatic carbocycles. The lowest BCUT2D eigenvalue weighted by Gasteiger charge is -2.39. The van der Waals surface area contributed by atoms with E-state index in [1.54, 1.807) is 0 Å². The third-order valence-electron chi connectivity index (χ3n) is 5.18. The minimum atomic E-state index is -5.01. The van der Waals surface area contributed by atoms with Gasteiger partial charge in [0.15, 0.2) is 11.4 Å². The fourth-order valence-electron chi connectivity index (χ4n) is 3.63. The van der Waals surface area contributed by atoms with Crippen LogP contribution in [-0.4, -0.2) is 27.8 Å². The molecule has 0 bridgehead atoms. The smallest absolute Gasteiger partial charge is 0.392 e. The molecule has 0 spiro atoms. The van der Waals surface area contributed by atoms with Crippen molar-refractivity contribution in [3.05, 3.63) is 69.5 Å². The van der Waals surface area contributed by atoms with E-state index in [-0.39, 0.29) is 33.1 Å². The summed E-state index contributed by atoms with van der Waals surface area (Å²) in [5.41, 5.74) is -3.81. The Bertz CT molecular complexity index is 940. The van der Waals surface area contributed by atoms with Crippen LogP contribution in [0, 0.1) is 5.82 Å². The van der Waals surface area contributed by atoms with Gasteiger partial charge in [0.05, 0.1) is 6.61 Å². The minimum Gasteiger partial charge on any atom is -0.392 e. The molecular weight excluding hydrogens is 424 g/mol. The number of aliphatic hydroxyl groups excluding tert-OH is 1. The molecule has 3 nitrogen and oxygen atoms in total. The minimum absolute atomic E-state index is 0.0268. The van der Waals surface area contributed by atoms with Gasteiger partial charge >= 0.3 is 6.18 Å². The second-order valence-corrected chi connectivity index (χ2v) is 8.50. The third kappa shape index (κ3) is 5.20. The summed E-state index contributed by atoms with van der Waals surface area (Å²) in [6.45, 7) is 3.70. The zero-order valence-corrected chi connectivity index (χ0v) is 17.5. The fourth-order valence-corrected chi connectivity index (χ4v) is 3.88. The van der Waals surface area contributed by atoms with Gasteiger partial charge in [0.1, 0.15) is 5.82 Å². The van der Waals surface area contributed by atoms with Crippen LogP contribution in [0.25, 0.3) is 0 Å². The summed E-state index contributed by atoms with van der Waals surface area (Å²) in [7, 11) is 0. The zero-order chi connectivity index (χ0) is 22.9. The first-order valence-corrected chi connectivity index (χ1v) is 9.56. The van der Waals surface area contributed by atoms with E-state index in [0.29, 0.717) is 0 Å². The average Bonchev–Trinajstić information content (AvgIpc) is 2.62. The number of ketones is 1. The summed E-state index contributed by atoms with van der Waals surface area (Å²) in [4.78, 5) is 11.4. The van der Waals surface area contributed by atoms with E-state index in [4.69, 9.17) is 11.6 Å². The van der Waals surface area contributed by atoms with Crippen LogP contribution in [0.4, 0.5) is 17.6 Å². The molecule has 2 N–H and O–H groups in total. The highest BCUT2D eigenvalue weighted by atomic mass is 35.5. The summed E-state index contributed by atoms with van der Waals surface area (Å²) in [6, 6.07) is 7.37. The van der Waals surface area contributed by atoms with Crippen molar-refractivity contribution in [3.8, 4) is 0 Å². The molecule has 30 heavy (non-hydrogen) atoms. The molecule has 0 amide bonds. The normalized spacial score (nSPS) is 14.5. The number of aliphatic hydroxyl groups is 2. The van der Waals surface area contributed by atoms with Gasteiger partial charge in [-0.05, 0) is 53.6 Å². The average molecular weight is 447 g/mol. The third-order valence-corrected chi connectivity index (χ3v) is 5.53. The Hall–Kier alpha value is -1.96. The Morgan fingerprint density at radius 2 is 1.67 bits per heavy atom. The molecule has 0 fully saturated rings. The summed E-state index contributed by atoms with van der Waals surface area (Å²) in [5.74, 6) is -0.952. The molecule has 164 valence electrons. The number of carbonyl (C=O) groups excluding carboxylic acids is 1. The summed E-state index contributed by atoms with van der Waals surface area (Å²) >= 11 is 6.07. The Labute approximate surface area is 177 Å². The van der Waals surface area contributed by atoms with Crippen molar-refractivity contribution in [2.75, 3.05) is 0 Å². The van der Waals surface area contributed by atoms with Gasteiger partial charge in [-0.15, -0.1) is 0 Å². The van der Waals surface area contributed by atoms with Gasteiger partial charge in [0.25, 0.3) is 0 Å². The molecule has 0 radical (unpaired) electrons. The van der Waals surface area contributed by atoms with Crippen molar-refractivity contribution in [3.63, 3.8) is 0 Å². The van der Waals surface area contributed by atoms with Crippen LogP contribution in [0.3, 0.4) is 0 Å². The molecule has 0 aliphatic rings. The first kappa shape index (κ1) is 24.3. The summed E-state index contributed by atoms with van der Waals surface area (Å²) < 4.78 is 55.7. The number of hydrogen-bond acceptors (Lipinski definition) is 3. The van der Waals surface area contributed by atoms with Crippen molar-refractivity contribution in [2.24, 2.45) is 0 Å². The Morgan fingerprint density at radius 3 is 2.17 bits per heavy atom. The Balaban J connectivity index is 2.47. The zero-order valence-electron chi connectivity index (χ0n) is 16.8. The largest absolute Gasteiger partial charge is 0.417 e. The number of halogens is 5. The maximum Gasteiger partial charge on any atom is 0.417 e. The molecule has 2 aromatic rings. The predicted octanol–water partition coefficient (Wildman–Crippen LogP) is 5.38. The van der Waals surface area contributed by atoms with Crippen molar-refractivity contribution < 1.29 is 32.6 Å². The lowest BCUT2D eigenvalue weighted by atomic mass is 9.71. The quantitative estimate of drug-likeness (QED) is 0.443. The topological polar surface area (TPSA) is 57.5 Å². The van der Waals surface area contributed by atoms with E-state index in [0.717, 1.165) is 12.1 Å². The highest BCUT2D eigenvalue weighted by Crippen LogP contribution is 2.44. The van der Waals surface area contributed by atoms with Gasteiger partial charge in [0, 0.05) is 17.0 Å². The van der Waals surface area contributed by atoms with Gasteiger partial charge < -0.3 is 10.2 Å². The van der Waals surface area contributed by atoms with Gasteiger partial charge in [-0.1, -0.05) is 43.6 Å².